The molecule has 0 aliphatic heterocycles. The van der Waals surface area contributed by atoms with Crippen molar-refractivity contribution in [2.75, 3.05) is 11.1 Å². The normalized spacial score (nSPS) is 13.0. The molecule has 1 unspecified atom stereocenters. The van der Waals surface area contributed by atoms with Gasteiger partial charge in [0.15, 0.2) is 0 Å². The number of hydrogen-bond acceptors (Lipinski definition) is 2. The van der Waals surface area contributed by atoms with Gasteiger partial charge in [0, 0.05) is 17.4 Å². The standard InChI is InChI=1S/C15H15F3N2/c1-10(11-5-4-6-12(19)9-11)20-14-8-3-2-7-13(14)15(16,17)18/h2-10,20H,19H2,1H3. The maximum atomic E-state index is 12.9. The molecule has 0 fully saturated rings. The highest BCUT2D eigenvalue weighted by molar-refractivity contribution is 5.54. The van der Waals surface area contributed by atoms with Crippen molar-refractivity contribution >= 4 is 11.4 Å². The summed E-state index contributed by atoms with van der Waals surface area (Å²) in [5.41, 5.74) is 6.49. The summed E-state index contributed by atoms with van der Waals surface area (Å²) in [6.07, 6.45) is -4.38. The summed E-state index contributed by atoms with van der Waals surface area (Å²) in [7, 11) is 0. The van der Waals surface area contributed by atoms with Crippen LogP contribution in [0.4, 0.5) is 24.5 Å². The van der Waals surface area contributed by atoms with Gasteiger partial charge in [-0.3, -0.25) is 0 Å². The molecular formula is C15H15F3N2. The first-order valence-corrected chi connectivity index (χ1v) is 6.16. The molecule has 20 heavy (non-hydrogen) atoms. The molecule has 0 heterocycles. The Hall–Kier alpha value is -2.17. The van der Waals surface area contributed by atoms with Crippen LogP contribution in [0.3, 0.4) is 0 Å². The fourth-order valence-corrected chi connectivity index (χ4v) is 2.00. The lowest BCUT2D eigenvalue weighted by Gasteiger charge is -2.20. The maximum Gasteiger partial charge on any atom is 0.418 e. The van der Waals surface area contributed by atoms with Gasteiger partial charge in [-0.1, -0.05) is 24.3 Å². The van der Waals surface area contributed by atoms with E-state index in [-0.39, 0.29) is 11.7 Å². The van der Waals surface area contributed by atoms with Crippen molar-refractivity contribution in [1.82, 2.24) is 0 Å². The number of nitrogen functional groups attached to an aromatic ring is 1. The highest BCUT2D eigenvalue weighted by Gasteiger charge is 2.33. The van der Waals surface area contributed by atoms with Crippen LogP contribution in [0.25, 0.3) is 0 Å². The van der Waals surface area contributed by atoms with Crippen molar-refractivity contribution in [3.8, 4) is 0 Å². The lowest BCUT2D eigenvalue weighted by molar-refractivity contribution is -0.137. The molecule has 0 aromatic heterocycles. The molecule has 2 aromatic carbocycles. The van der Waals surface area contributed by atoms with Gasteiger partial charge in [0.2, 0.25) is 0 Å². The van der Waals surface area contributed by atoms with E-state index in [0.717, 1.165) is 11.6 Å². The largest absolute Gasteiger partial charge is 0.418 e. The number of nitrogens with one attached hydrogen (secondary N) is 1. The van der Waals surface area contributed by atoms with Crippen LogP contribution >= 0.6 is 0 Å². The van der Waals surface area contributed by atoms with Gasteiger partial charge in [-0.25, -0.2) is 0 Å². The summed E-state index contributed by atoms with van der Waals surface area (Å²) in [6.45, 7) is 1.79. The lowest BCUT2D eigenvalue weighted by Crippen LogP contribution is -2.13. The zero-order valence-electron chi connectivity index (χ0n) is 10.9. The van der Waals surface area contributed by atoms with Gasteiger partial charge in [-0.05, 0) is 36.8 Å². The van der Waals surface area contributed by atoms with Crippen molar-refractivity contribution in [3.05, 3.63) is 59.7 Å². The van der Waals surface area contributed by atoms with Crippen LogP contribution in [-0.2, 0) is 6.18 Å². The van der Waals surface area contributed by atoms with E-state index in [1.807, 2.05) is 6.07 Å². The Labute approximate surface area is 115 Å². The second-order valence-electron chi connectivity index (χ2n) is 4.58. The van der Waals surface area contributed by atoms with Crippen LogP contribution < -0.4 is 11.1 Å². The first-order chi connectivity index (χ1) is 9.38. The van der Waals surface area contributed by atoms with Crippen LogP contribution in [0.2, 0.25) is 0 Å². The minimum atomic E-state index is -4.38. The molecule has 0 aliphatic rings. The molecule has 0 saturated heterocycles. The molecular weight excluding hydrogens is 265 g/mol. The zero-order chi connectivity index (χ0) is 14.8. The van der Waals surface area contributed by atoms with E-state index in [0.29, 0.717) is 5.69 Å². The molecule has 0 radical (unpaired) electrons. The number of nitrogens with two attached hydrogens (primary N) is 1. The van der Waals surface area contributed by atoms with Gasteiger partial charge in [-0.2, -0.15) is 13.2 Å². The summed E-state index contributed by atoms with van der Waals surface area (Å²) in [5, 5.41) is 2.88. The molecule has 0 spiro atoms. The molecule has 106 valence electrons. The van der Waals surface area contributed by atoms with Gasteiger partial charge in [-0.15, -0.1) is 0 Å². The minimum Gasteiger partial charge on any atom is -0.399 e. The van der Waals surface area contributed by atoms with E-state index in [2.05, 4.69) is 5.32 Å². The van der Waals surface area contributed by atoms with E-state index in [4.69, 9.17) is 5.73 Å². The van der Waals surface area contributed by atoms with Gasteiger partial charge >= 0.3 is 6.18 Å². The van der Waals surface area contributed by atoms with Crippen molar-refractivity contribution in [2.45, 2.75) is 19.1 Å². The molecule has 3 N–H and O–H groups in total. The molecule has 0 saturated carbocycles. The number of halogens is 3. The third kappa shape index (κ3) is 3.23. The minimum absolute atomic E-state index is 0.0647. The van der Waals surface area contributed by atoms with Gasteiger partial charge < -0.3 is 11.1 Å². The zero-order valence-corrected chi connectivity index (χ0v) is 10.9. The van der Waals surface area contributed by atoms with Crippen LogP contribution in [0.1, 0.15) is 24.1 Å². The molecule has 2 aromatic rings. The molecule has 0 amide bonds. The van der Waals surface area contributed by atoms with Crippen molar-refractivity contribution in [1.29, 1.82) is 0 Å². The van der Waals surface area contributed by atoms with Crippen LogP contribution in [-0.4, -0.2) is 0 Å². The predicted molar refractivity (Wildman–Crippen MR) is 74.3 cm³/mol. The van der Waals surface area contributed by atoms with Gasteiger partial charge in [0.05, 0.1) is 5.56 Å². The lowest BCUT2D eigenvalue weighted by atomic mass is 10.1. The Kier molecular flexibility index (Phi) is 3.88. The fourth-order valence-electron chi connectivity index (χ4n) is 2.00. The summed E-state index contributed by atoms with van der Waals surface area (Å²) >= 11 is 0. The van der Waals surface area contributed by atoms with E-state index < -0.39 is 11.7 Å². The van der Waals surface area contributed by atoms with E-state index in [9.17, 15) is 13.2 Å². The Morgan fingerprint density at radius 1 is 1.05 bits per heavy atom. The molecule has 0 bridgehead atoms. The average molecular weight is 280 g/mol. The van der Waals surface area contributed by atoms with Crippen molar-refractivity contribution in [2.24, 2.45) is 0 Å². The number of benzene rings is 2. The van der Waals surface area contributed by atoms with Crippen LogP contribution in [0.15, 0.2) is 48.5 Å². The molecule has 5 heteroatoms. The summed E-state index contributed by atoms with van der Waals surface area (Å²) in [5.74, 6) is 0. The molecule has 2 nitrogen and oxygen atoms in total. The maximum absolute atomic E-state index is 12.9. The third-order valence-electron chi connectivity index (χ3n) is 3.02. The molecule has 0 aliphatic carbocycles. The summed E-state index contributed by atoms with van der Waals surface area (Å²) < 4.78 is 38.7. The Morgan fingerprint density at radius 3 is 2.40 bits per heavy atom. The first-order valence-electron chi connectivity index (χ1n) is 6.16. The number of anilines is 2. The van der Waals surface area contributed by atoms with Gasteiger partial charge in [0.1, 0.15) is 0 Å². The monoisotopic (exact) mass is 280 g/mol. The van der Waals surface area contributed by atoms with E-state index in [1.165, 1.54) is 12.1 Å². The second-order valence-corrected chi connectivity index (χ2v) is 4.58. The van der Waals surface area contributed by atoms with Crippen molar-refractivity contribution in [3.63, 3.8) is 0 Å². The van der Waals surface area contributed by atoms with Crippen LogP contribution in [0.5, 0.6) is 0 Å². The number of rotatable bonds is 3. The fraction of sp³-hybridized carbons (Fsp3) is 0.200. The number of hydrogen-bond donors (Lipinski definition) is 2. The topological polar surface area (TPSA) is 38.0 Å². The second kappa shape index (κ2) is 5.45. The SMILES string of the molecule is CC(Nc1ccccc1C(F)(F)F)c1cccc(N)c1. The smallest absolute Gasteiger partial charge is 0.399 e. The first kappa shape index (κ1) is 14.2. The van der Waals surface area contributed by atoms with E-state index in [1.54, 1.807) is 31.2 Å². The van der Waals surface area contributed by atoms with Crippen LogP contribution in [0, 0.1) is 0 Å². The Balaban J connectivity index is 2.26. The number of alkyl halides is 3. The quantitative estimate of drug-likeness (QED) is 0.814. The predicted octanol–water partition coefficient (Wildman–Crippen LogP) is 4.46. The highest BCUT2D eigenvalue weighted by atomic mass is 19.4. The van der Waals surface area contributed by atoms with Gasteiger partial charge in [0.25, 0.3) is 0 Å². The van der Waals surface area contributed by atoms with E-state index >= 15 is 0 Å². The number of para-hydroxylation sites is 1. The van der Waals surface area contributed by atoms with Crippen molar-refractivity contribution < 1.29 is 13.2 Å². The molecule has 2 rings (SSSR count). The molecule has 1 atom stereocenters. The highest BCUT2D eigenvalue weighted by Crippen LogP contribution is 2.36. The third-order valence-corrected chi connectivity index (χ3v) is 3.02. The summed E-state index contributed by atoms with van der Waals surface area (Å²) in [6, 6.07) is 12.2. The Bertz CT molecular complexity index is 594. The summed E-state index contributed by atoms with van der Waals surface area (Å²) in [4.78, 5) is 0. The Morgan fingerprint density at radius 2 is 1.75 bits per heavy atom. The average Bonchev–Trinajstić information content (AvgIpc) is 2.38.